The minimum atomic E-state index is 0.459. The minimum Gasteiger partial charge on any atom is -0.497 e. The van der Waals surface area contributed by atoms with Gasteiger partial charge >= 0.3 is 0 Å². The molecule has 0 bridgehead atoms. The molecule has 4 N–H and O–H groups in total. The van der Waals surface area contributed by atoms with Crippen LogP contribution in [0.5, 0.6) is 5.75 Å². The molecule has 1 aromatic carbocycles. The standard InChI is InChI=1S/C13H14N4O/c1-18-10-2-3-11-8(4-10)5-12(17-11)13-15-7-9(6-14)16-13/h2-5,7,17H,6,14H2,1H3,(H,15,16). The Kier molecular flexibility index (Phi) is 2.53. The first-order valence-electron chi connectivity index (χ1n) is 5.71. The first-order chi connectivity index (χ1) is 8.80. The number of nitrogens with zero attached hydrogens (tertiary/aromatic N) is 1. The van der Waals surface area contributed by atoms with Gasteiger partial charge in [-0.25, -0.2) is 4.98 Å². The quantitative estimate of drug-likeness (QED) is 0.657. The SMILES string of the molecule is COc1ccc2[nH]c(-c3ncc(CN)[nH]3)cc2c1. The van der Waals surface area contributed by atoms with Crippen LogP contribution in [0.3, 0.4) is 0 Å². The predicted octanol–water partition coefficient (Wildman–Crippen LogP) is 2.03. The van der Waals surface area contributed by atoms with Crippen LogP contribution in [0, 0.1) is 0 Å². The molecule has 0 radical (unpaired) electrons. The molecule has 0 atom stereocenters. The largest absolute Gasteiger partial charge is 0.497 e. The average Bonchev–Trinajstić information content (AvgIpc) is 3.03. The van der Waals surface area contributed by atoms with Crippen LogP contribution < -0.4 is 10.5 Å². The van der Waals surface area contributed by atoms with E-state index in [2.05, 4.69) is 15.0 Å². The lowest BCUT2D eigenvalue weighted by Gasteiger charge is -1.97. The molecule has 18 heavy (non-hydrogen) atoms. The lowest BCUT2D eigenvalue weighted by molar-refractivity contribution is 0.415. The number of hydrogen-bond donors (Lipinski definition) is 3. The van der Waals surface area contributed by atoms with Gasteiger partial charge in [-0.05, 0) is 24.3 Å². The highest BCUT2D eigenvalue weighted by Crippen LogP contribution is 2.25. The molecular formula is C13H14N4O. The highest BCUT2D eigenvalue weighted by molar-refractivity contribution is 5.85. The van der Waals surface area contributed by atoms with Gasteiger partial charge in [0.2, 0.25) is 0 Å². The zero-order valence-electron chi connectivity index (χ0n) is 10.0. The number of imidazole rings is 1. The number of rotatable bonds is 3. The molecule has 0 saturated carbocycles. The van der Waals surface area contributed by atoms with Crippen LogP contribution >= 0.6 is 0 Å². The first kappa shape index (κ1) is 10.9. The number of aromatic amines is 2. The van der Waals surface area contributed by atoms with Crippen molar-refractivity contribution in [2.75, 3.05) is 7.11 Å². The van der Waals surface area contributed by atoms with Gasteiger partial charge < -0.3 is 20.4 Å². The Hall–Kier alpha value is -2.27. The summed E-state index contributed by atoms with van der Waals surface area (Å²) in [6.07, 6.45) is 1.75. The fraction of sp³-hybridized carbons (Fsp3) is 0.154. The van der Waals surface area contributed by atoms with Crippen molar-refractivity contribution < 1.29 is 4.74 Å². The molecule has 5 heteroatoms. The van der Waals surface area contributed by atoms with E-state index in [1.807, 2.05) is 24.3 Å². The molecular weight excluding hydrogens is 228 g/mol. The third kappa shape index (κ3) is 1.74. The van der Waals surface area contributed by atoms with Crippen LogP contribution in [0.4, 0.5) is 0 Å². The molecule has 2 aromatic heterocycles. The zero-order chi connectivity index (χ0) is 12.5. The summed E-state index contributed by atoms with van der Waals surface area (Å²) in [4.78, 5) is 10.8. The van der Waals surface area contributed by atoms with Gasteiger partial charge in [-0.15, -0.1) is 0 Å². The number of hydrogen-bond acceptors (Lipinski definition) is 3. The Morgan fingerprint density at radius 3 is 2.89 bits per heavy atom. The van der Waals surface area contributed by atoms with Gasteiger partial charge in [-0.3, -0.25) is 0 Å². The van der Waals surface area contributed by atoms with Crippen molar-refractivity contribution >= 4 is 10.9 Å². The van der Waals surface area contributed by atoms with E-state index in [1.165, 1.54) is 0 Å². The Labute approximate surface area is 104 Å². The smallest absolute Gasteiger partial charge is 0.154 e. The summed E-state index contributed by atoms with van der Waals surface area (Å²) in [7, 11) is 1.66. The van der Waals surface area contributed by atoms with Crippen molar-refractivity contribution in [3.8, 4) is 17.3 Å². The second kappa shape index (κ2) is 4.19. The molecule has 2 heterocycles. The maximum Gasteiger partial charge on any atom is 0.154 e. The van der Waals surface area contributed by atoms with Gasteiger partial charge in [0.1, 0.15) is 5.75 Å². The second-order valence-corrected chi connectivity index (χ2v) is 4.10. The number of ether oxygens (including phenoxy) is 1. The minimum absolute atomic E-state index is 0.459. The summed E-state index contributed by atoms with van der Waals surface area (Å²) < 4.78 is 5.20. The molecule has 3 rings (SSSR count). The number of methoxy groups -OCH3 is 1. The molecule has 0 unspecified atom stereocenters. The fourth-order valence-electron chi connectivity index (χ4n) is 1.96. The molecule has 0 amide bonds. The van der Waals surface area contributed by atoms with Crippen LogP contribution in [0.15, 0.2) is 30.5 Å². The van der Waals surface area contributed by atoms with E-state index in [0.717, 1.165) is 33.9 Å². The van der Waals surface area contributed by atoms with Gasteiger partial charge in [0.15, 0.2) is 5.82 Å². The number of aromatic nitrogens is 3. The Morgan fingerprint density at radius 1 is 1.28 bits per heavy atom. The lowest BCUT2D eigenvalue weighted by atomic mass is 10.2. The van der Waals surface area contributed by atoms with Crippen LogP contribution in [0.1, 0.15) is 5.69 Å². The Morgan fingerprint density at radius 2 is 2.17 bits per heavy atom. The van der Waals surface area contributed by atoms with Crippen molar-refractivity contribution in [1.82, 2.24) is 15.0 Å². The predicted molar refractivity (Wildman–Crippen MR) is 70.3 cm³/mol. The maximum atomic E-state index is 5.56. The van der Waals surface area contributed by atoms with Crippen LogP contribution in [0.2, 0.25) is 0 Å². The van der Waals surface area contributed by atoms with Crippen LogP contribution in [-0.4, -0.2) is 22.1 Å². The van der Waals surface area contributed by atoms with Crippen LogP contribution in [-0.2, 0) is 6.54 Å². The Bertz CT molecular complexity index is 683. The Balaban J connectivity index is 2.07. The van der Waals surface area contributed by atoms with Crippen molar-refractivity contribution in [3.63, 3.8) is 0 Å². The molecule has 0 aliphatic heterocycles. The average molecular weight is 242 g/mol. The highest BCUT2D eigenvalue weighted by atomic mass is 16.5. The van der Waals surface area contributed by atoms with E-state index in [-0.39, 0.29) is 0 Å². The van der Waals surface area contributed by atoms with Gasteiger partial charge in [-0.2, -0.15) is 0 Å². The normalized spacial score (nSPS) is 11.0. The van der Waals surface area contributed by atoms with Crippen molar-refractivity contribution in [3.05, 3.63) is 36.2 Å². The van der Waals surface area contributed by atoms with E-state index >= 15 is 0 Å². The van der Waals surface area contributed by atoms with E-state index in [1.54, 1.807) is 13.3 Å². The number of nitrogens with two attached hydrogens (primary N) is 1. The number of benzene rings is 1. The van der Waals surface area contributed by atoms with E-state index in [4.69, 9.17) is 10.5 Å². The van der Waals surface area contributed by atoms with Gasteiger partial charge in [0.05, 0.1) is 12.8 Å². The molecule has 0 saturated heterocycles. The zero-order valence-corrected chi connectivity index (χ0v) is 10.0. The van der Waals surface area contributed by atoms with E-state index in [9.17, 15) is 0 Å². The third-order valence-electron chi connectivity index (χ3n) is 2.93. The van der Waals surface area contributed by atoms with E-state index in [0.29, 0.717) is 6.54 Å². The molecule has 3 aromatic rings. The van der Waals surface area contributed by atoms with Crippen molar-refractivity contribution in [2.24, 2.45) is 5.73 Å². The van der Waals surface area contributed by atoms with Gasteiger partial charge in [0, 0.05) is 29.3 Å². The third-order valence-corrected chi connectivity index (χ3v) is 2.93. The van der Waals surface area contributed by atoms with E-state index < -0.39 is 0 Å². The summed E-state index contributed by atoms with van der Waals surface area (Å²) in [5.74, 6) is 1.64. The summed E-state index contributed by atoms with van der Waals surface area (Å²) >= 11 is 0. The summed E-state index contributed by atoms with van der Waals surface area (Å²) in [5, 5.41) is 1.09. The topological polar surface area (TPSA) is 79.7 Å². The van der Waals surface area contributed by atoms with Gasteiger partial charge in [-0.1, -0.05) is 0 Å². The summed E-state index contributed by atoms with van der Waals surface area (Å²) in [6, 6.07) is 7.94. The summed E-state index contributed by atoms with van der Waals surface area (Å²) in [5.41, 5.74) is 8.47. The lowest BCUT2D eigenvalue weighted by Crippen LogP contribution is -1.95. The molecule has 0 fully saturated rings. The first-order valence-corrected chi connectivity index (χ1v) is 5.71. The molecule has 0 spiro atoms. The van der Waals surface area contributed by atoms with Crippen molar-refractivity contribution in [2.45, 2.75) is 6.54 Å². The van der Waals surface area contributed by atoms with Crippen molar-refractivity contribution in [1.29, 1.82) is 0 Å². The maximum absolute atomic E-state index is 5.56. The highest BCUT2D eigenvalue weighted by Gasteiger charge is 2.07. The molecule has 92 valence electrons. The fourth-order valence-corrected chi connectivity index (χ4v) is 1.96. The summed E-state index contributed by atoms with van der Waals surface area (Å²) in [6.45, 7) is 0.459. The number of H-pyrrole nitrogens is 2. The molecule has 0 aliphatic rings. The van der Waals surface area contributed by atoms with Gasteiger partial charge in [0.25, 0.3) is 0 Å². The second-order valence-electron chi connectivity index (χ2n) is 4.10. The number of fused-ring (bicyclic) bond motifs is 1. The molecule has 0 aliphatic carbocycles. The number of nitrogens with one attached hydrogen (secondary N) is 2. The van der Waals surface area contributed by atoms with Crippen LogP contribution in [0.25, 0.3) is 22.4 Å². The molecule has 5 nitrogen and oxygen atoms in total. The monoisotopic (exact) mass is 242 g/mol.